The molecule has 0 aliphatic rings. The Bertz CT molecular complexity index is 1510. The summed E-state index contributed by atoms with van der Waals surface area (Å²) in [6.45, 7) is -0.332. The number of carbonyl (C=O) groups excluding carboxylic acids is 1. The summed E-state index contributed by atoms with van der Waals surface area (Å²) in [5.74, 6) is -2.44. The quantitative estimate of drug-likeness (QED) is 0.366. The van der Waals surface area contributed by atoms with Crippen LogP contribution >= 0.6 is 0 Å². The molecule has 4 rings (SSSR count). The summed E-state index contributed by atoms with van der Waals surface area (Å²) >= 11 is 0. The van der Waals surface area contributed by atoms with Gasteiger partial charge in [0.15, 0.2) is 28.6 Å². The van der Waals surface area contributed by atoms with Gasteiger partial charge >= 0.3 is 5.69 Å². The molecule has 0 atom stereocenters. The van der Waals surface area contributed by atoms with Crippen molar-refractivity contribution in [3.63, 3.8) is 0 Å². The minimum atomic E-state index is -1.16. The van der Waals surface area contributed by atoms with Gasteiger partial charge in [-0.25, -0.2) is 23.1 Å². The molecule has 2 aromatic carbocycles. The van der Waals surface area contributed by atoms with Crippen LogP contribution in [0.25, 0.3) is 16.9 Å². The number of ketones is 1. The third-order valence-corrected chi connectivity index (χ3v) is 5.30. The number of fused-ring (bicyclic) bond motifs is 1. The van der Waals surface area contributed by atoms with Crippen LogP contribution in [-0.2, 0) is 17.8 Å². The van der Waals surface area contributed by atoms with Crippen molar-refractivity contribution in [3.8, 4) is 11.4 Å². The van der Waals surface area contributed by atoms with Gasteiger partial charge in [-0.1, -0.05) is 12.1 Å². The first kappa shape index (κ1) is 23.1. The molecule has 0 fully saturated rings. The van der Waals surface area contributed by atoms with Gasteiger partial charge in [-0.15, -0.1) is 0 Å². The van der Waals surface area contributed by atoms with Gasteiger partial charge in [0, 0.05) is 12.7 Å². The molecule has 0 saturated carbocycles. The molecule has 0 amide bonds. The van der Waals surface area contributed by atoms with Crippen molar-refractivity contribution < 1.29 is 23.0 Å². The molecule has 2 aromatic heterocycles. The van der Waals surface area contributed by atoms with Crippen molar-refractivity contribution in [1.82, 2.24) is 18.7 Å². The second kappa shape index (κ2) is 9.40. The fourth-order valence-corrected chi connectivity index (χ4v) is 3.63. The minimum absolute atomic E-state index is 0.0162. The van der Waals surface area contributed by atoms with Crippen LogP contribution in [0.4, 0.5) is 8.78 Å². The van der Waals surface area contributed by atoms with E-state index in [0.717, 1.165) is 22.8 Å². The summed E-state index contributed by atoms with van der Waals surface area (Å²) in [6, 6.07) is 9.51. The number of Topliss-reactive ketones (excluding diaryl/α,β-unsaturated/α-hetero) is 1. The molecule has 0 saturated heterocycles. The SMILES string of the molecule is COCCn1c(=O)c2c(ncn2CC(=O)c2ccc(F)c(F)c2)n(-c2ccccc2OC)c1=O. The van der Waals surface area contributed by atoms with Crippen molar-refractivity contribution in [3.05, 3.63) is 86.8 Å². The standard InChI is InChI=1S/C23H20F2N4O5/c1-33-10-9-28-22(31)20-21(29(23(28)32)17-5-3-4-6-19(17)34-2)26-13-27(20)12-18(30)14-7-8-15(24)16(25)11-14/h3-8,11,13H,9-10,12H2,1-2H3. The molecule has 0 aliphatic heterocycles. The molecule has 0 bridgehead atoms. The van der Waals surface area contributed by atoms with E-state index in [9.17, 15) is 23.2 Å². The number of ether oxygens (including phenoxy) is 2. The predicted molar refractivity (Wildman–Crippen MR) is 119 cm³/mol. The number of hydrogen-bond acceptors (Lipinski definition) is 6. The number of para-hydroxylation sites is 2. The largest absolute Gasteiger partial charge is 0.495 e. The number of nitrogens with zero attached hydrogens (tertiary/aromatic N) is 4. The Morgan fingerprint density at radius 3 is 2.53 bits per heavy atom. The van der Waals surface area contributed by atoms with Crippen LogP contribution < -0.4 is 16.0 Å². The van der Waals surface area contributed by atoms with Gasteiger partial charge in [0.2, 0.25) is 0 Å². The molecule has 0 N–H and O–H groups in total. The zero-order chi connectivity index (χ0) is 24.4. The van der Waals surface area contributed by atoms with Crippen molar-refractivity contribution in [2.75, 3.05) is 20.8 Å². The molecule has 0 unspecified atom stereocenters. The highest BCUT2D eigenvalue weighted by atomic mass is 19.2. The molecule has 34 heavy (non-hydrogen) atoms. The third kappa shape index (κ3) is 4.01. The topological polar surface area (TPSA) is 97.4 Å². The molecule has 2 heterocycles. The minimum Gasteiger partial charge on any atom is -0.495 e. The van der Waals surface area contributed by atoms with E-state index in [1.807, 2.05) is 0 Å². The van der Waals surface area contributed by atoms with Crippen LogP contribution in [0.15, 0.2) is 58.4 Å². The second-order valence-corrected chi connectivity index (χ2v) is 7.34. The molecule has 0 radical (unpaired) electrons. The summed E-state index contributed by atoms with van der Waals surface area (Å²) in [5.41, 5.74) is -1.04. The van der Waals surface area contributed by atoms with Gasteiger partial charge in [0.05, 0.1) is 38.8 Å². The Balaban J connectivity index is 1.92. The Kier molecular flexibility index (Phi) is 6.37. The molecule has 9 nitrogen and oxygen atoms in total. The van der Waals surface area contributed by atoms with Crippen LogP contribution in [0.2, 0.25) is 0 Å². The first-order valence-electron chi connectivity index (χ1n) is 10.2. The van der Waals surface area contributed by atoms with E-state index in [2.05, 4.69) is 4.98 Å². The van der Waals surface area contributed by atoms with Crippen LogP contribution in [0, 0.1) is 11.6 Å². The molecule has 11 heteroatoms. The van der Waals surface area contributed by atoms with Crippen LogP contribution in [0.3, 0.4) is 0 Å². The number of carbonyl (C=O) groups is 1. The van der Waals surface area contributed by atoms with Crippen molar-refractivity contribution in [2.45, 2.75) is 13.1 Å². The highest BCUT2D eigenvalue weighted by Crippen LogP contribution is 2.23. The van der Waals surface area contributed by atoms with Gasteiger partial charge in [-0.2, -0.15) is 0 Å². The van der Waals surface area contributed by atoms with Crippen LogP contribution in [-0.4, -0.2) is 45.3 Å². The van der Waals surface area contributed by atoms with E-state index in [1.54, 1.807) is 24.3 Å². The highest BCUT2D eigenvalue weighted by Gasteiger charge is 2.22. The number of benzene rings is 2. The monoisotopic (exact) mass is 470 g/mol. The number of hydrogen-bond donors (Lipinski definition) is 0. The molecule has 0 aliphatic carbocycles. The Morgan fingerprint density at radius 2 is 1.82 bits per heavy atom. The van der Waals surface area contributed by atoms with Gasteiger partial charge in [-0.05, 0) is 30.3 Å². The summed E-state index contributed by atoms with van der Waals surface area (Å²) in [5, 5.41) is 0. The lowest BCUT2D eigenvalue weighted by Crippen LogP contribution is -2.41. The predicted octanol–water partition coefficient (Wildman–Crippen LogP) is 2.16. The highest BCUT2D eigenvalue weighted by molar-refractivity contribution is 5.96. The maximum absolute atomic E-state index is 13.6. The number of imidazole rings is 1. The zero-order valence-electron chi connectivity index (χ0n) is 18.3. The van der Waals surface area contributed by atoms with Crippen LogP contribution in [0.1, 0.15) is 10.4 Å². The zero-order valence-corrected chi connectivity index (χ0v) is 18.3. The van der Waals surface area contributed by atoms with Crippen molar-refractivity contribution >= 4 is 16.9 Å². The van der Waals surface area contributed by atoms with Gasteiger partial charge < -0.3 is 14.0 Å². The first-order chi connectivity index (χ1) is 16.4. The molecular formula is C23H20F2N4O5. The fraction of sp³-hybridized carbons (Fsp3) is 0.217. The summed E-state index contributed by atoms with van der Waals surface area (Å²) in [7, 11) is 2.88. The average molecular weight is 470 g/mol. The molecule has 0 spiro atoms. The lowest BCUT2D eigenvalue weighted by atomic mass is 10.1. The Labute approximate surface area is 191 Å². The van der Waals surface area contributed by atoms with E-state index < -0.39 is 28.7 Å². The van der Waals surface area contributed by atoms with Crippen molar-refractivity contribution in [1.29, 1.82) is 0 Å². The Morgan fingerprint density at radius 1 is 1.06 bits per heavy atom. The molecule has 4 aromatic rings. The third-order valence-electron chi connectivity index (χ3n) is 5.30. The number of halogens is 2. The average Bonchev–Trinajstić information content (AvgIpc) is 3.24. The molecular weight excluding hydrogens is 450 g/mol. The second-order valence-electron chi connectivity index (χ2n) is 7.34. The fourth-order valence-electron chi connectivity index (χ4n) is 3.63. The van der Waals surface area contributed by atoms with E-state index >= 15 is 0 Å². The molecule has 176 valence electrons. The summed E-state index contributed by atoms with van der Waals surface area (Å²) < 4.78 is 40.8. The van der Waals surface area contributed by atoms with Crippen molar-refractivity contribution in [2.24, 2.45) is 0 Å². The lowest BCUT2D eigenvalue weighted by molar-refractivity contribution is 0.0972. The number of methoxy groups -OCH3 is 2. The normalized spacial score (nSPS) is 11.2. The first-order valence-corrected chi connectivity index (χ1v) is 10.2. The van der Waals surface area contributed by atoms with Crippen LogP contribution in [0.5, 0.6) is 5.75 Å². The lowest BCUT2D eigenvalue weighted by Gasteiger charge is -2.14. The number of aromatic nitrogens is 4. The van der Waals surface area contributed by atoms with E-state index in [1.165, 1.54) is 29.7 Å². The smallest absolute Gasteiger partial charge is 0.337 e. The van der Waals surface area contributed by atoms with Gasteiger partial charge in [-0.3, -0.25) is 14.2 Å². The van der Waals surface area contributed by atoms with E-state index in [-0.39, 0.29) is 36.4 Å². The van der Waals surface area contributed by atoms with Gasteiger partial charge in [0.25, 0.3) is 5.56 Å². The summed E-state index contributed by atoms with van der Waals surface area (Å²) in [4.78, 5) is 43.6. The summed E-state index contributed by atoms with van der Waals surface area (Å²) in [6.07, 6.45) is 1.25. The van der Waals surface area contributed by atoms with E-state index in [4.69, 9.17) is 9.47 Å². The maximum Gasteiger partial charge on any atom is 0.337 e. The van der Waals surface area contributed by atoms with Gasteiger partial charge in [0.1, 0.15) is 5.75 Å². The number of rotatable bonds is 8. The maximum atomic E-state index is 13.6. The Hall–Kier alpha value is -4.12. The van der Waals surface area contributed by atoms with E-state index in [0.29, 0.717) is 11.4 Å².